The van der Waals surface area contributed by atoms with Crippen molar-refractivity contribution in [2.45, 2.75) is 19.3 Å². The second-order valence-corrected chi connectivity index (χ2v) is 3.84. The number of H-pyrrole nitrogens is 1. The molecule has 1 aromatic heterocycles. The summed E-state index contributed by atoms with van der Waals surface area (Å²) in [6, 6.07) is 8.20. The summed E-state index contributed by atoms with van der Waals surface area (Å²) in [7, 11) is 0. The number of fused-ring (bicyclic) bond motifs is 3. The molecule has 0 amide bonds. The molecule has 0 bridgehead atoms. The average Bonchev–Trinajstić information content (AvgIpc) is 2.56. The lowest BCUT2D eigenvalue weighted by Crippen LogP contribution is -2.11. The van der Waals surface area contributed by atoms with E-state index in [4.69, 9.17) is 0 Å². The number of hydrogen-bond acceptors (Lipinski definition) is 1. The van der Waals surface area contributed by atoms with E-state index in [-0.39, 0.29) is 0 Å². The van der Waals surface area contributed by atoms with Crippen molar-refractivity contribution in [3.05, 3.63) is 35.5 Å². The minimum Gasteiger partial charge on any atom is -0.358 e. The first-order valence-electron chi connectivity index (χ1n) is 4.95. The van der Waals surface area contributed by atoms with Gasteiger partial charge in [0.15, 0.2) is 0 Å². The van der Waals surface area contributed by atoms with Gasteiger partial charge >= 0.3 is 0 Å². The quantitative estimate of drug-likeness (QED) is 0.690. The van der Waals surface area contributed by atoms with Gasteiger partial charge < -0.3 is 4.98 Å². The van der Waals surface area contributed by atoms with Gasteiger partial charge in [-0.2, -0.15) is 0 Å². The molecule has 1 N–H and O–H groups in total. The molecule has 14 heavy (non-hydrogen) atoms. The number of ketones is 1. The second kappa shape index (κ2) is 2.71. The van der Waals surface area contributed by atoms with Crippen LogP contribution in [0.25, 0.3) is 10.9 Å². The zero-order valence-electron chi connectivity index (χ0n) is 7.84. The van der Waals surface area contributed by atoms with Crippen LogP contribution in [0, 0.1) is 0 Å². The lowest BCUT2D eigenvalue weighted by molar-refractivity contribution is -0.118. The number of hydrogen-bond donors (Lipinski definition) is 1. The molecule has 70 valence electrons. The molecule has 0 atom stereocenters. The Bertz CT molecular complexity index is 510. The Morgan fingerprint density at radius 3 is 3.00 bits per heavy atom. The number of carbonyl (C=O) groups is 1. The Morgan fingerprint density at radius 2 is 2.07 bits per heavy atom. The summed E-state index contributed by atoms with van der Waals surface area (Å²) in [5.74, 6) is 0.363. The van der Waals surface area contributed by atoms with Crippen LogP contribution in [0.1, 0.15) is 17.7 Å². The molecule has 0 saturated heterocycles. The first-order chi connectivity index (χ1) is 6.84. The Labute approximate surface area is 81.9 Å². The minimum absolute atomic E-state index is 0.363. The van der Waals surface area contributed by atoms with E-state index in [9.17, 15) is 4.79 Å². The fourth-order valence-electron chi connectivity index (χ4n) is 2.22. The SMILES string of the molecule is O=C1CCc2[nH][14c]3[14cH][14cH][14cH][14cH][14c]3c2C1. The first-order valence-corrected chi connectivity index (χ1v) is 4.95. The number of benzene rings is 1. The fraction of sp³-hybridized carbons (Fsp3) is 0.250. The number of Topliss-reactive ketones (excluding diaryl/α,β-unsaturated/α-hetero) is 1. The van der Waals surface area contributed by atoms with Crippen molar-refractivity contribution in [3.8, 4) is 0 Å². The lowest BCUT2D eigenvalue weighted by atomic mass is 10.0. The zero-order valence-corrected chi connectivity index (χ0v) is 7.84. The van der Waals surface area contributed by atoms with Crippen molar-refractivity contribution in [1.29, 1.82) is 0 Å². The molecule has 0 spiro atoms. The van der Waals surface area contributed by atoms with Crippen LogP contribution < -0.4 is 0 Å². The molecule has 1 aromatic carbocycles. The molecular formula is C12H11NO. The van der Waals surface area contributed by atoms with E-state index in [1.54, 1.807) is 0 Å². The van der Waals surface area contributed by atoms with Gasteiger partial charge in [0.05, 0.1) is 0 Å². The van der Waals surface area contributed by atoms with E-state index in [1.165, 1.54) is 16.6 Å². The summed E-state index contributed by atoms with van der Waals surface area (Å²) < 4.78 is 0. The molecule has 0 saturated carbocycles. The minimum atomic E-state index is 0.363. The highest BCUT2D eigenvalue weighted by atomic mass is 16.1. The maximum Gasteiger partial charge on any atom is 0.137 e. The number of nitrogens with one attached hydrogen (secondary N) is 1. The summed E-state index contributed by atoms with van der Waals surface area (Å²) in [5, 5.41) is 1.22. The van der Waals surface area contributed by atoms with Crippen molar-refractivity contribution < 1.29 is 4.79 Å². The van der Waals surface area contributed by atoms with Gasteiger partial charge in [0.1, 0.15) is 5.78 Å². The van der Waals surface area contributed by atoms with Crippen LogP contribution in [-0.4, -0.2) is 10.8 Å². The van der Waals surface area contributed by atoms with Gasteiger partial charge in [0, 0.05) is 29.4 Å². The van der Waals surface area contributed by atoms with Gasteiger partial charge in [-0.3, -0.25) is 4.79 Å². The number of rotatable bonds is 0. The molecule has 0 aliphatic heterocycles. The summed E-state index contributed by atoms with van der Waals surface area (Å²) in [6.07, 6.45) is 2.18. The van der Waals surface area contributed by atoms with Gasteiger partial charge in [-0.05, 0) is 18.1 Å². The van der Waals surface area contributed by atoms with E-state index in [1.807, 2.05) is 12.1 Å². The monoisotopic (exact) mass is 197 g/mol. The molecule has 2 aromatic rings. The van der Waals surface area contributed by atoms with Crippen LogP contribution in [0.15, 0.2) is 24.3 Å². The van der Waals surface area contributed by atoms with Crippen molar-refractivity contribution >= 4 is 16.7 Å². The van der Waals surface area contributed by atoms with Crippen molar-refractivity contribution in [2.24, 2.45) is 0 Å². The Kier molecular flexibility index (Phi) is 1.51. The molecule has 3 rings (SSSR count). The number of aromatic amines is 1. The Morgan fingerprint density at radius 1 is 1.21 bits per heavy atom. The first kappa shape index (κ1) is 7.80. The van der Waals surface area contributed by atoms with Gasteiger partial charge in [-0.15, -0.1) is 0 Å². The third-order valence-electron chi connectivity index (χ3n) is 2.93. The smallest absolute Gasteiger partial charge is 0.137 e. The van der Waals surface area contributed by atoms with Crippen LogP contribution in [0.3, 0.4) is 0 Å². The molecule has 1 aliphatic rings. The zero-order chi connectivity index (χ0) is 9.54. The molecule has 1 heterocycles. The van der Waals surface area contributed by atoms with Crippen LogP contribution in [0.2, 0.25) is 0 Å². The third kappa shape index (κ3) is 1.00. The summed E-state index contributed by atoms with van der Waals surface area (Å²) in [5.41, 5.74) is 3.63. The van der Waals surface area contributed by atoms with Gasteiger partial charge in [-0.25, -0.2) is 0 Å². The van der Waals surface area contributed by atoms with Crippen LogP contribution in [0.5, 0.6) is 0 Å². The topological polar surface area (TPSA) is 32.9 Å². The normalized spacial score (nSPS) is 15.9. The maximum atomic E-state index is 11.4. The van der Waals surface area contributed by atoms with Crippen molar-refractivity contribution in [2.75, 3.05) is 0 Å². The maximum absolute atomic E-state index is 11.4. The van der Waals surface area contributed by atoms with E-state index < -0.39 is 0 Å². The largest absolute Gasteiger partial charge is 0.358 e. The Balaban J connectivity index is 2.30. The second-order valence-electron chi connectivity index (χ2n) is 3.84. The molecule has 0 radical (unpaired) electrons. The van der Waals surface area contributed by atoms with Crippen molar-refractivity contribution in [3.63, 3.8) is 0 Å². The van der Waals surface area contributed by atoms with Crippen LogP contribution >= 0.6 is 0 Å². The lowest BCUT2D eigenvalue weighted by Gasteiger charge is -2.09. The van der Waals surface area contributed by atoms with E-state index in [2.05, 4.69) is 17.1 Å². The number of aryl methyl sites for hydroxylation is 1. The molecule has 1 aliphatic carbocycles. The summed E-state index contributed by atoms with van der Waals surface area (Å²) in [4.78, 5) is 14.7. The third-order valence-corrected chi connectivity index (χ3v) is 2.93. The van der Waals surface area contributed by atoms with Gasteiger partial charge in [0.25, 0.3) is 0 Å². The molecular weight excluding hydrogens is 186 g/mol. The summed E-state index contributed by atoms with van der Waals surface area (Å²) >= 11 is 0. The highest BCUT2D eigenvalue weighted by Gasteiger charge is 2.19. The number of carbonyl (C=O) groups excluding carboxylic acids is 1. The van der Waals surface area contributed by atoms with Gasteiger partial charge in [0.2, 0.25) is 0 Å². The van der Waals surface area contributed by atoms with Crippen LogP contribution in [-0.2, 0) is 17.6 Å². The predicted octanol–water partition coefficient (Wildman–Crippen LogP) is 2.23. The summed E-state index contributed by atoms with van der Waals surface area (Å²) in [6.45, 7) is 0. The van der Waals surface area contributed by atoms with Crippen LogP contribution in [0.4, 0.5) is 0 Å². The van der Waals surface area contributed by atoms with E-state index in [0.29, 0.717) is 18.6 Å². The molecule has 2 heteroatoms. The van der Waals surface area contributed by atoms with E-state index in [0.717, 1.165) is 11.9 Å². The van der Waals surface area contributed by atoms with Gasteiger partial charge in [-0.1, -0.05) is 18.2 Å². The van der Waals surface area contributed by atoms with E-state index >= 15 is 0 Å². The average molecular weight is 197 g/mol. The molecule has 0 fully saturated rings. The molecule has 2 nitrogen and oxygen atoms in total. The number of aromatic nitrogens is 1. The van der Waals surface area contributed by atoms with Crippen molar-refractivity contribution in [1.82, 2.24) is 4.98 Å². The highest BCUT2D eigenvalue weighted by Crippen LogP contribution is 2.27. The standard InChI is InChI=1S/C12H11NO/c14-8-5-6-12-10(7-8)9-3-1-2-4-11(9)13-12/h1-4,13H,5-7H2/i1+2,2+2,3+2,4+2,9+2,11+2. The molecule has 0 unspecified atom stereocenters. The predicted molar refractivity (Wildman–Crippen MR) is 55.3 cm³/mol. The highest BCUT2D eigenvalue weighted by molar-refractivity contribution is 5.92. The Hall–Kier alpha value is -1.57. The number of para-hydroxylation sites is 1. The fourth-order valence-corrected chi connectivity index (χ4v) is 2.22.